The van der Waals surface area contributed by atoms with Crippen molar-refractivity contribution in [3.63, 3.8) is 0 Å². The van der Waals surface area contributed by atoms with Gasteiger partial charge in [-0.05, 0) is 31.2 Å². The van der Waals surface area contributed by atoms with Gasteiger partial charge in [0.15, 0.2) is 0 Å². The summed E-state index contributed by atoms with van der Waals surface area (Å²) in [6.45, 7) is 8.71. The molecule has 0 radical (unpaired) electrons. The molecule has 3 unspecified atom stereocenters. The highest BCUT2D eigenvalue weighted by molar-refractivity contribution is 5.85. The molecule has 0 bridgehead atoms. The van der Waals surface area contributed by atoms with E-state index in [1.54, 1.807) is 0 Å². The first kappa shape index (κ1) is 16.0. The Labute approximate surface area is 128 Å². The van der Waals surface area contributed by atoms with Gasteiger partial charge in [-0.3, -0.25) is 10.1 Å². The van der Waals surface area contributed by atoms with Crippen LogP contribution in [0.4, 0.5) is 0 Å². The van der Waals surface area contributed by atoms with Crippen LogP contribution in [0.15, 0.2) is 30.3 Å². The molecule has 3 heteroatoms. The minimum atomic E-state index is -0.0786. The molecule has 3 atom stereocenters. The maximum absolute atomic E-state index is 12.8. The molecule has 0 aliphatic carbocycles. The normalized spacial score (nSPS) is 23.9. The second kappa shape index (κ2) is 7.08. The molecule has 1 aromatic carbocycles. The molecular formula is C18H28N2O. The summed E-state index contributed by atoms with van der Waals surface area (Å²) in [7, 11) is 0. The van der Waals surface area contributed by atoms with Gasteiger partial charge < -0.3 is 4.90 Å². The third kappa shape index (κ3) is 3.65. The molecule has 1 heterocycles. The molecular weight excluding hydrogens is 260 g/mol. The zero-order chi connectivity index (χ0) is 15.4. The molecule has 3 nitrogen and oxygen atoms in total. The standard InChI is InChI=1S/C18H28N2O/c1-5-9-17-19-16(12-15-10-7-6-8-11-15)18(21)20(17)14(4)13(2)3/h6-8,10-11,13-14,16-17,19H,5,9,12H2,1-4H3. The molecule has 1 fully saturated rings. The summed E-state index contributed by atoms with van der Waals surface area (Å²) < 4.78 is 0. The first-order valence-electron chi connectivity index (χ1n) is 8.16. The zero-order valence-corrected chi connectivity index (χ0v) is 13.7. The lowest BCUT2D eigenvalue weighted by atomic mass is 10.0. The Balaban J connectivity index is 2.13. The average molecular weight is 288 g/mol. The Kier molecular flexibility index (Phi) is 5.40. The molecule has 2 rings (SSSR count). The van der Waals surface area contributed by atoms with E-state index in [0.29, 0.717) is 5.92 Å². The maximum Gasteiger partial charge on any atom is 0.241 e. The van der Waals surface area contributed by atoms with Crippen molar-refractivity contribution in [2.75, 3.05) is 0 Å². The maximum atomic E-state index is 12.8. The molecule has 0 spiro atoms. The molecule has 0 aromatic heterocycles. The molecule has 21 heavy (non-hydrogen) atoms. The summed E-state index contributed by atoms with van der Waals surface area (Å²) in [5.74, 6) is 0.740. The smallest absolute Gasteiger partial charge is 0.241 e. The summed E-state index contributed by atoms with van der Waals surface area (Å²) in [6.07, 6.45) is 3.08. The Morgan fingerprint density at radius 1 is 1.19 bits per heavy atom. The van der Waals surface area contributed by atoms with E-state index in [1.165, 1.54) is 5.56 Å². The lowest BCUT2D eigenvalue weighted by molar-refractivity contribution is -0.132. The third-order valence-corrected chi connectivity index (χ3v) is 4.53. The Morgan fingerprint density at radius 3 is 2.43 bits per heavy atom. The highest BCUT2D eigenvalue weighted by Crippen LogP contribution is 2.23. The van der Waals surface area contributed by atoms with Gasteiger partial charge in [0, 0.05) is 6.04 Å². The largest absolute Gasteiger partial charge is 0.323 e. The molecule has 116 valence electrons. The number of hydrogen-bond acceptors (Lipinski definition) is 2. The summed E-state index contributed by atoms with van der Waals surface area (Å²) in [6, 6.07) is 10.5. The van der Waals surface area contributed by atoms with Gasteiger partial charge in [-0.15, -0.1) is 0 Å². The van der Waals surface area contributed by atoms with Crippen molar-refractivity contribution >= 4 is 5.91 Å². The number of hydrogen-bond donors (Lipinski definition) is 1. The van der Waals surface area contributed by atoms with Crippen LogP contribution >= 0.6 is 0 Å². The van der Waals surface area contributed by atoms with E-state index in [0.717, 1.165) is 19.3 Å². The Morgan fingerprint density at radius 2 is 1.86 bits per heavy atom. The van der Waals surface area contributed by atoms with Crippen LogP contribution in [-0.4, -0.2) is 29.1 Å². The SMILES string of the molecule is CCCC1NC(Cc2ccccc2)C(=O)N1C(C)C(C)C. The Hall–Kier alpha value is -1.35. The summed E-state index contributed by atoms with van der Waals surface area (Å²) in [4.78, 5) is 14.9. The average Bonchev–Trinajstić information content (AvgIpc) is 2.76. The van der Waals surface area contributed by atoms with Gasteiger partial charge >= 0.3 is 0 Å². The van der Waals surface area contributed by atoms with E-state index in [2.05, 4.69) is 50.0 Å². The second-order valence-electron chi connectivity index (χ2n) is 6.44. The van der Waals surface area contributed by atoms with E-state index in [1.807, 2.05) is 18.2 Å². The number of amides is 1. The van der Waals surface area contributed by atoms with Gasteiger partial charge in [-0.2, -0.15) is 0 Å². The van der Waals surface area contributed by atoms with Crippen molar-refractivity contribution in [3.05, 3.63) is 35.9 Å². The number of carbonyl (C=O) groups excluding carboxylic acids is 1. The fourth-order valence-electron chi connectivity index (χ4n) is 3.01. The summed E-state index contributed by atoms with van der Waals surface area (Å²) in [5.41, 5.74) is 1.22. The molecule has 1 aliphatic rings. The van der Waals surface area contributed by atoms with Crippen molar-refractivity contribution in [3.8, 4) is 0 Å². The van der Waals surface area contributed by atoms with Crippen LogP contribution in [0, 0.1) is 5.92 Å². The lowest BCUT2D eigenvalue weighted by Gasteiger charge is -2.32. The van der Waals surface area contributed by atoms with Crippen LogP contribution in [0.5, 0.6) is 0 Å². The van der Waals surface area contributed by atoms with Crippen LogP contribution in [0.25, 0.3) is 0 Å². The Bertz CT molecular complexity index is 458. The number of nitrogens with zero attached hydrogens (tertiary/aromatic N) is 1. The van der Waals surface area contributed by atoms with Gasteiger partial charge in [-0.25, -0.2) is 0 Å². The number of rotatable bonds is 6. The zero-order valence-electron chi connectivity index (χ0n) is 13.7. The van der Waals surface area contributed by atoms with E-state index in [-0.39, 0.29) is 24.2 Å². The van der Waals surface area contributed by atoms with E-state index >= 15 is 0 Å². The predicted molar refractivity (Wildman–Crippen MR) is 86.9 cm³/mol. The molecule has 1 saturated heterocycles. The molecule has 0 saturated carbocycles. The van der Waals surface area contributed by atoms with Gasteiger partial charge in [0.2, 0.25) is 5.91 Å². The quantitative estimate of drug-likeness (QED) is 0.872. The molecule has 1 aromatic rings. The number of carbonyl (C=O) groups is 1. The predicted octanol–water partition coefficient (Wildman–Crippen LogP) is 3.20. The van der Waals surface area contributed by atoms with Crippen molar-refractivity contribution in [2.24, 2.45) is 5.92 Å². The van der Waals surface area contributed by atoms with Gasteiger partial charge in [0.1, 0.15) is 0 Å². The molecule has 1 aliphatic heterocycles. The number of nitrogens with one attached hydrogen (secondary N) is 1. The topological polar surface area (TPSA) is 32.3 Å². The van der Waals surface area contributed by atoms with Gasteiger partial charge in [0.05, 0.1) is 12.2 Å². The third-order valence-electron chi connectivity index (χ3n) is 4.53. The number of benzene rings is 1. The molecule has 1 amide bonds. The van der Waals surface area contributed by atoms with E-state index in [9.17, 15) is 4.79 Å². The van der Waals surface area contributed by atoms with Crippen molar-refractivity contribution in [2.45, 2.75) is 65.2 Å². The lowest BCUT2D eigenvalue weighted by Crippen LogP contribution is -2.45. The van der Waals surface area contributed by atoms with Crippen LogP contribution in [-0.2, 0) is 11.2 Å². The van der Waals surface area contributed by atoms with Crippen molar-refractivity contribution in [1.29, 1.82) is 0 Å². The first-order chi connectivity index (χ1) is 10.0. The highest BCUT2D eigenvalue weighted by Gasteiger charge is 2.41. The summed E-state index contributed by atoms with van der Waals surface area (Å²) >= 11 is 0. The van der Waals surface area contributed by atoms with E-state index < -0.39 is 0 Å². The molecule has 1 N–H and O–H groups in total. The van der Waals surface area contributed by atoms with Crippen molar-refractivity contribution in [1.82, 2.24) is 10.2 Å². The summed E-state index contributed by atoms with van der Waals surface area (Å²) in [5, 5.41) is 3.55. The van der Waals surface area contributed by atoms with Crippen LogP contribution < -0.4 is 5.32 Å². The minimum Gasteiger partial charge on any atom is -0.323 e. The van der Waals surface area contributed by atoms with Gasteiger partial charge in [-0.1, -0.05) is 57.5 Å². The monoisotopic (exact) mass is 288 g/mol. The van der Waals surface area contributed by atoms with Gasteiger partial charge in [0.25, 0.3) is 0 Å². The van der Waals surface area contributed by atoms with Crippen molar-refractivity contribution < 1.29 is 4.79 Å². The van der Waals surface area contributed by atoms with E-state index in [4.69, 9.17) is 0 Å². The minimum absolute atomic E-state index is 0.0786. The van der Waals surface area contributed by atoms with Crippen LogP contribution in [0.2, 0.25) is 0 Å². The second-order valence-corrected chi connectivity index (χ2v) is 6.44. The van der Waals surface area contributed by atoms with Crippen LogP contribution in [0.1, 0.15) is 46.1 Å². The fourth-order valence-corrected chi connectivity index (χ4v) is 3.01. The fraction of sp³-hybridized carbons (Fsp3) is 0.611. The van der Waals surface area contributed by atoms with Crippen LogP contribution in [0.3, 0.4) is 0 Å². The first-order valence-corrected chi connectivity index (χ1v) is 8.16. The highest BCUT2D eigenvalue weighted by atomic mass is 16.2.